The van der Waals surface area contributed by atoms with Gasteiger partial charge in [0.1, 0.15) is 0 Å². The van der Waals surface area contributed by atoms with Crippen LogP contribution in [0.1, 0.15) is 16.2 Å². The predicted octanol–water partition coefficient (Wildman–Crippen LogP) is 3.45. The number of rotatable bonds is 5. The number of hydrogen-bond donors (Lipinski definition) is 1. The van der Waals surface area contributed by atoms with Crippen LogP contribution in [0.3, 0.4) is 0 Å². The molecule has 0 aliphatic heterocycles. The number of imidazole rings is 1. The molecule has 5 rings (SSSR count). The van der Waals surface area contributed by atoms with E-state index in [0.29, 0.717) is 22.8 Å². The molecule has 0 saturated heterocycles. The van der Waals surface area contributed by atoms with Crippen LogP contribution in [0.15, 0.2) is 73.2 Å². The first kappa shape index (κ1) is 20.0. The zero-order chi connectivity index (χ0) is 22.9. The van der Waals surface area contributed by atoms with Gasteiger partial charge in [0.05, 0.1) is 22.0 Å². The predicted molar refractivity (Wildman–Crippen MR) is 119 cm³/mol. The number of aromatic nitrogens is 6. The number of fused-ring (bicyclic) bond motifs is 1. The summed E-state index contributed by atoms with van der Waals surface area (Å²) in [6.07, 6.45) is 5.43. The minimum absolute atomic E-state index is 0.0742. The zero-order valence-electron chi connectivity index (χ0n) is 17.3. The van der Waals surface area contributed by atoms with Crippen LogP contribution >= 0.6 is 0 Å². The van der Waals surface area contributed by atoms with Gasteiger partial charge in [-0.2, -0.15) is 0 Å². The Kier molecular flexibility index (Phi) is 4.83. The van der Waals surface area contributed by atoms with E-state index in [4.69, 9.17) is 0 Å². The van der Waals surface area contributed by atoms with Gasteiger partial charge in [0.15, 0.2) is 5.69 Å². The van der Waals surface area contributed by atoms with E-state index in [1.54, 1.807) is 37.4 Å². The molecule has 11 heteroatoms. The Morgan fingerprint density at radius 3 is 2.70 bits per heavy atom. The molecular weight excluding hydrogens is 424 g/mol. The van der Waals surface area contributed by atoms with Gasteiger partial charge >= 0.3 is 0 Å². The molecule has 11 nitrogen and oxygen atoms in total. The average molecular weight is 440 g/mol. The van der Waals surface area contributed by atoms with Crippen molar-refractivity contribution >= 4 is 23.1 Å². The first-order valence-electron chi connectivity index (χ1n) is 9.88. The largest absolute Gasteiger partial charge is 0.321 e. The Hall–Kier alpha value is -4.93. The Labute approximate surface area is 186 Å². The van der Waals surface area contributed by atoms with Crippen molar-refractivity contribution in [3.63, 3.8) is 0 Å². The molecule has 33 heavy (non-hydrogen) atoms. The molecule has 0 spiro atoms. The van der Waals surface area contributed by atoms with Crippen molar-refractivity contribution in [3.05, 3.63) is 94.7 Å². The average Bonchev–Trinajstić information content (AvgIpc) is 3.43. The van der Waals surface area contributed by atoms with E-state index < -0.39 is 10.8 Å². The molecule has 162 valence electrons. The molecule has 0 fully saturated rings. The molecule has 0 unspecified atom stereocenters. The number of carbonyl (C=O) groups is 1. The number of nitro benzene ring substituents is 1. The lowest BCUT2D eigenvalue weighted by molar-refractivity contribution is -0.384. The second-order valence-electron chi connectivity index (χ2n) is 7.20. The highest BCUT2D eigenvalue weighted by Crippen LogP contribution is 2.22. The summed E-state index contributed by atoms with van der Waals surface area (Å²) < 4.78 is 3.22. The Balaban J connectivity index is 1.35. The summed E-state index contributed by atoms with van der Waals surface area (Å²) in [6.45, 7) is 1.67. The van der Waals surface area contributed by atoms with Crippen molar-refractivity contribution in [2.24, 2.45) is 0 Å². The summed E-state index contributed by atoms with van der Waals surface area (Å²) in [4.78, 5) is 32.0. The number of amides is 1. The number of anilines is 1. The molecule has 0 saturated carbocycles. The summed E-state index contributed by atoms with van der Waals surface area (Å²) in [5.74, 6) is 0.168. The second kappa shape index (κ2) is 7.96. The van der Waals surface area contributed by atoms with Crippen LogP contribution in [-0.4, -0.2) is 40.2 Å². The van der Waals surface area contributed by atoms with Crippen LogP contribution in [-0.2, 0) is 0 Å². The summed E-state index contributed by atoms with van der Waals surface area (Å²) in [6, 6.07) is 15.0. The molecule has 0 bridgehead atoms. The van der Waals surface area contributed by atoms with E-state index in [1.807, 2.05) is 35.0 Å². The maximum Gasteiger partial charge on any atom is 0.278 e. The summed E-state index contributed by atoms with van der Waals surface area (Å²) in [7, 11) is 0. The van der Waals surface area contributed by atoms with Crippen molar-refractivity contribution < 1.29 is 9.72 Å². The topological polar surface area (TPSA) is 133 Å². The van der Waals surface area contributed by atoms with E-state index in [9.17, 15) is 14.9 Å². The highest BCUT2D eigenvalue weighted by atomic mass is 16.6. The van der Waals surface area contributed by atoms with Crippen molar-refractivity contribution in [3.8, 4) is 16.9 Å². The molecule has 3 heterocycles. The molecule has 0 aliphatic rings. The number of nitrogens with zero attached hydrogens (tertiary/aromatic N) is 7. The van der Waals surface area contributed by atoms with Gasteiger partial charge in [0, 0.05) is 42.0 Å². The van der Waals surface area contributed by atoms with Gasteiger partial charge in [-0.25, -0.2) is 14.6 Å². The van der Waals surface area contributed by atoms with Gasteiger partial charge in [0.2, 0.25) is 5.78 Å². The quantitative estimate of drug-likeness (QED) is 0.327. The smallest absolute Gasteiger partial charge is 0.278 e. The second-order valence-corrected chi connectivity index (χ2v) is 7.20. The standard InChI is InChI=1S/C22H16N8O3/c1-14-20(26-27-29(14)17-4-2-5-18(12-17)30(32)33)21(31)24-16-8-6-15(7-9-16)19-13-28-11-3-10-23-22(28)25-19/h2-13H,1H3,(H,24,31). The maximum absolute atomic E-state index is 12.8. The van der Waals surface area contributed by atoms with Crippen LogP contribution in [0, 0.1) is 17.0 Å². The van der Waals surface area contributed by atoms with Gasteiger partial charge in [-0.05, 0) is 31.2 Å². The molecule has 0 aliphatic carbocycles. The number of nitrogens with one attached hydrogen (secondary N) is 1. The summed E-state index contributed by atoms with van der Waals surface area (Å²) >= 11 is 0. The van der Waals surface area contributed by atoms with Crippen LogP contribution < -0.4 is 5.32 Å². The number of non-ortho nitro benzene ring substituents is 1. The maximum atomic E-state index is 12.8. The fourth-order valence-electron chi connectivity index (χ4n) is 3.41. The van der Waals surface area contributed by atoms with Gasteiger partial charge in [-0.15, -0.1) is 5.10 Å². The van der Waals surface area contributed by atoms with Gasteiger partial charge in [0.25, 0.3) is 11.6 Å². The molecule has 2 aromatic carbocycles. The molecule has 3 aromatic heterocycles. The number of carbonyl (C=O) groups excluding carboxylic acids is 1. The van der Waals surface area contributed by atoms with Crippen molar-refractivity contribution in [2.75, 3.05) is 5.32 Å². The van der Waals surface area contributed by atoms with Crippen LogP contribution in [0.5, 0.6) is 0 Å². The van der Waals surface area contributed by atoms with Crippen molar-refractivity contribution in [1.29, 1.82) is 0 Å². The number of nitro groups is 1. The van der Waals surface area contributed by atoms with Crippen LogP contribution in [0.4, 0.5) is 11.4 Å². The van der Waals surface area contributed by atoms with E-state index >= 15 is 0 Å². The minimum Gasteiger partial charge on any atom is -0.321 e. The summed E-state index contributed by atoms with van der Waals surface area (Å²) in [5, 5.41) is 21.8. The first-order valence-corrected chi connectivity index (χ1v) is 9.88. The van der Waals surface area contributed by atoms with Crippen molar-refractivity contribution in [2.45, 2.75) is 6.92 Å². The zero-order valence-corrected chi connectivity index (χ0v) is 17.3. The Morgan fingerprint density at radius 2 is 1.94 bits per heavy atom. The Bertz CT molecular complexity index is 1470. The van der Waals surface area contributed by atoms with E-state index in [0.717, 1.165) is 11.3 Å². The summed E-state index contributed by atoms with van der Waals surface area (Å²) in [5.41, 5.74) is 3.18. The normalized spacial score (nSPS) is 10.9. The third-order valence-electron chi connectivity index (χ3n) is 5.07. The minimum atomic E-state index is -0.490. The van der Waals surface area contributed by atoms with Gasteiger partial charge < -0.3 is 5.32 Å². The molecule has 1 N–H and O–H groups in total. The molecule has 0 radical (unpaired) electrons. The van der Waals surface area contributed by atoms with E-state index in [1.165, 1.54) is 16.8 Å². The first-order chi connectivity index (χ1) is 16.0. The van der Waals surface area contributed by atoms with Crippen LogP contribution in [0.25, 0.3) is 22.7 Å². The van der Waals surface area contributed by atoms with Crippen molar-refractivity contribution in [1.82, 2.24) is 29.4 Å². The highest BCUT2D eigenvalue weighted by Gasteiger charge is 2.19. The lowest BCUT2D eigenvalue weighted by Crippen LogP contribution is -2.14. The molecule has 5 aromatic rings. The van der Waals surface area contributed by atoms with Gasteiger partial charge in [-0.3, -0.25) is 19.3 Å². The number of hydrogen-bond acceptors (Lipinski definition) is 7. The van der Waals surface area contributed by atoms with Crippen LogP contribution in [0.2, 0.25) is 0 Å². The molecule has 1 amide bonds. The SMILES string of the molecule is Cc1c(C(=O)Nc2ccc(-c3cn4cccnc4n3)cc2)nnn1-c1cccc([N+](=O)[O-])c1. The lowest BCUT2D eigenvalue weighted by Gasteiger charge is -2.06. The Morgan fingerprint density at radius 1 is 1.12 bits per heavy atom. The fourth-order valence-corrected chi connectivity index (χ4v) is 3.41. The lowest BCUT2D eigenvalue weighted by atomic mass is 10.1. The molecule has 0 atom stereocenters. The van der Waals surface area contributed by atoms with E-state index in [2.05, 4.69) is 25.6 Å². The third-order valence-corrected chi connectivity index (χ3v) is 5.07. The fraction of sp³-hybridized carbons (Fsp3) is 0.0455. The monoisotopic (exact) mass is 440 g/mol. The van der Waals surface area contributed by atoms with Gasteiger partial charge in [-0.1, -0.05) is 23.4 Å². The molecular formula is C22H16N8O3. The van der Waals surface area contributed by atoms with E-state index in [-0.39, 0.29) is 11.4 Å². The third kappa shape index (κ3) is 3.78. The number of benzene rings is 2. The highest BCUT2D eigenvalue weighted by molar-refractivity contribution is 6.03.